The van der Waals surface area contributed by atoms with E-state index in [1.165, 1.54) is 0 Å². The van der Waals surface area contributed by atoms with Crippen LogP contribution >= 0.6 is 0 Å². The standard InChI is InChI=1S/C34H51N5O5/c1-30(2,3)39-27(18-26(37-39)22-10-11-25(40)16-22)38(29(42)44-32(7,8)9)24-13-15-35-23(17-24)12-14-33-19-34(20-33,21-33)36-28(41)43-31(4,5)6/h13,15,17-18,22,25,40H,10-12,14,16,19-21H2,1-9H3,(H,36,41)/t22-,25+,33?,34?/m0/s1. The van der Waals surface area contributed by atoms with Crippen LogP contribution in [0.3, 0.4) is 0 Å². The number of rotatable bonds is 7. The predicted molar refractivity (Wildman–Crippen MR) is 169 cm³/mol. The summed E-state index contributed by atoms with van der Waals surface area (Å²) in [5.74, 6) is 0.775. The van der Waals surface area contributed by atoms with Crippen LogP contribution < -0.4 is 10.2 Å². The van der Waals surface area contributed by atoms with E-state index in [0.29, 0.717) is 17.9 Å². The van der Waals surface area contributed by atoms with Crippen molar-refractivity contribution in [3.05, 3.63) is 35.8 Å². The second-order valence-electron chi connectivity index (χ2n) is 16.4. The molecule has 2 aromatic heterocycles. The van der Waals surface area contributed by atoms with Gasteiger partial charge in [0, 0.05) is 29.4 Å². The fourth-order valence-corrected chi connectivity index (χ4v) is 7.16. The third kappa shape index (κ3) is 7.05. The smallest absolute Gasteiger partial charge is 0.420 e. The Morgan fingerprint density at radius 1 is 1.02 bits per heavy atom. The molecule has 0 spiro atoms. The first-order valence-electron chi connectivity index (χ1n) is 16.0. The van der Waals surface area contributed by atoms with Crippen molar-refractivity contribution >= 4 is 23.7 Å². The van der Waals surface area contributed by atoms with Crippen LogP contribution in [-0.4, -0.2) is 54.9 Å². The maximum Gasteiger partial charge on any atom is 0.420 e. The summed E-state index contributed by atoms with van der Waals surface area (Å²) in [6, 6.07) is 5.80. The summed E-state index contributed by atoms with van der Waals surface area (Å²) in [5, 5.41) is 18.3. The lowest BCUT2D eigenvalue weighted by atomic mass is 9.38. The SMILES string of the molecule is CC(C)(C)OC(=O)NC12CC(CCc3cc(N(C(=O)OC(C)(C)C)c4cc([C@H]5CC[C@@H](O)C5)nn4C(C)(C)C)ccn3)(C1)C2. The average Bonchev–Trinajstić information content (AvgIpc) is 3.44. The zero-order valence-electron chi connectivity index (χ0n) is 28.0. The Kier molecular flexibility index (Phi) is 8.09. The van der Waals surface area contributed by atoms with Gasteiger partial charge < -0.3 is 19.9 Å². The summed E-state index contributed by atoms with van der Waals surface area (Å²) < 4.78 is 13.3. The number of nitrogens with one attached hydrogen (secondary N) is 1. The van der Waals surface area contributed by atoms with Crippen LogP contribution in [0.5, 0.6) is 0 Å². The van der Waals surface area contributed by atoms with Crippen molar-refractivity contribution in [3.63, 3.8) is 0 Å². The molecule has 44 heavy (non-hydrogen) atoms. The summed E-state index contributed by atoms with van der Waals surface area (Å²) in [4.78, 5) is 32.5. The molecule has 0 radical (unpaired) electrons. The van der Waals surface area contributed by atoms with Gasteiger partial charge in [0.2, 0.25) is 0 Å². The van der Waals surface area contributed by atoms with Crippen molar-refractivity contribution in [1.82, 2.24) is 20.1 Å². The minimum absolute atomic E-state index is 0.135. The molecule has 2 N–H and O–H groups in total. The number of hydrogen-bond donors (Lipinski definition) is 2. The van der Waals surface area contributed by atoms with E-state index in [1.807, 2.05) is 64.4 Å². The molecule has 2 amide bonds. The summed E-state index contributed by atoms with van der Waals surface area (Å²) >= 11 is 0. The van der Waals surface area contributed by atoms with Gasteiger partial charge in [-0.1, -0.05) is 0 Å². The number of alkyl carbamates (subject to hydrolysis) is 1. The number of nitrogens with zero attached hydrogens (tertiary/aromatic N) is 4. The van der Waals surface area contributed by atoms with Gasteiger partial charge in [0.25, 0.3) is 0 Å². The van der Waals surface area contributed by atoms with Crippen molar-refractivity contribution < 1.29 is 24.2 Å². The number of aromatic nitrogens is 3. The zero-order valence-corrected chi connectivity index (χ0v) is 28.0. The van der Waals surface area contributed by atoms with Gasteiger partial charge in [0.15, 0.2) is 0 Å². The number of aliphatic hydroxyl groups excluding tert-OH is 1. The highest BCUT2D eigenvalue weighted by atomic mass is 16.6. The van der Waals surface area contributed by atoms with Crippen LogP contribution in [-0.2, 0) is 21.4 Å². The molecule has 10 nitrogen and oxygen atoms in total. The molecule has 4 saturated carbocycles. The molecule has 2 bridgehead atoms. The topological polar surface area (TPSA) is 119 Å². The zero-order chi connectivity index (χ0) is 32.3. The van der Waals surface area contributed by atoms with Gasteiger partial charge in [-0.25, -0.2) is 19.2 Å². The molecule has 10 heteroatoms. The highest BCUT2D eigenvalue weighted by Gasteiger charge is 2.68. The molecular weight excluding hydrogens is 558 g/mol. The summed E-state index contributed by atoms with van der Waals surface area (Å²) in [6.07, 6.45) is 7.48. The van der Waals surface area contributed by atoms with Gasteiger partial charge in [0.1, 0.15) is 17.0 Å². The monoisotopic (exact) mass is 609 g/mol. The van der Waals surface area contributed by atoms with Crippen molar-refractivity contribution in [2.24, 2.45) is 5.41 Å². The van der Waals surface area contributed by atoms with Gasteiger partial charge in [-0.05, 0) is 131 Å². The molecule has 2 aromatic rings. The Morgan fingerprint density at radius 2 is 1.68 bits per heavy atom. The molecule has 0 aliphatic heterocycles. The summed E-state index contributed by atoms with van der Waals surface area (Å²) in [7, 11) is 0. The minimum Gasteiger partial charge on any atom is -0.444 e. The second kappa shape index (κ2) is 11.0. The van der Waals surface area contributed by atoms with Crippen LogP contribution in [0.25, 0.3) is 0 Å². The highest BCUT2D eigenvalue weighted by Crippen LogP contribution is 2.69. The van der Waals surface area contributed by atoms with Crippen LogP contribution in [0.15, 0.2) is 24.4 Å². The van der Waals surface area contributed by atoms with Crippen LogP contribution in [0.4, 0.5) is 21.1 Å². The molecule has 0 unspecified atom stereocenters. The Hall–Kier alpha value is -3.14. The van der Waals surface area contributed by atoms with Gasteiger partial charge in [-0.3, -0.25) is 4.98 Å². The first-order chi connectivity index (χ1) is 20.3. The molecule has 4 aliphatic carbocycles. The lowest BCUT2D eigenvalue weighted by Crippen LogP contribution is -2.74. The first kappa shape index (κ1) is 32.3. The molecule has 4 aliphatic rings. The van der Waals surface area contributed by atoms with Gasteiger partial charge in [-0.15, -0.1) is 0 Å². The third-order valence-corrected chi connectivity index (χ3v) is 8.85. The van der Waals surface area contributed by atoms with Gasteiger partial charge >= 0.3 is 12.2 Å². The van der Waals surface area contributed by atoms with Gasteiger partial charge in [-0.2, -0.15) is 5.10 Å². The second-order valence-corrected chi connectivity index (χ2v) is 16.4. The maximum atomic E-state index is 13.9. The maximum absolute atomic E-state index is 13.9. The Labute approximate surface area is 261 Å². The van der Waals surface area contributed by atoms with Crippen LogP contribution in [0.1, 0.15) is 125 Å². The van der Waals surface area contributed by atoms with Crippen LogP contribution in [0, 0.1) is 5.41 Å². The van der Waals surface area contributed by atoms with Crippen molar-refractivity contribution in [3.8, 4) is 0 Å². The Morgan fingerprint density at radius 3 is 2.25 bits per heavy atom. The highest BCUT2D eigenvalue weighted by molar-refractivity contribution is 5.95. The van der Waals surface area contributed by atoms with Gasteiger partial charge in [0.05, 0.1) is 23.0 Å². The van der Waals surface area contributed by atoms with Crippen molar-refractivity contribution in [2.75, 3.05) is 4.90 Å². The molecule has 2 heterocycles. The van der Waals surface area contributed by atoms with E-state index >= 15 is 0 Å². The van der Waals surface area contributed by atoms with E-state index in [2.05, 4.69) is 31.1 Å². The molecule has 242 valence electrons. The van der Waals surface area contributed by atoms with E-state index in [4.69, 9.17) is 14.6 Å². The lowest BCUT2D eigenvalue weighted by molar-refractivity contribution is -0.155. The normalized spacial score (nSPS) is 26.4. The fourth-order valence-electron chi connectivity index (χ4n) is 7.16. The number of hydrogen-bond acceptors (Lipinski definition) is 7. The van der Waals surface area contributed by atoms with Crippen LogP contribution in [0.2, 0.25) is 0 Å². The number of carbonyl (C=O) groups excluding carboxylic acids is 2. The quantitative estimate of drug-likeness (QED) is 0.343. The third-order valence-electron chi connectivity index (χ3n) is 8.85. The van der Waals surface area contributed by atoms with E-state index in [0.717, 1.165) is 56.3 Å². The summed E-state index contributed by atoms with van der Waals surface area (Å²) in [6.45, 7) is 17.4. The molecule has 6 rings (SSSR count). The minimum atomic E-state index is -0.691. The number of anilines is 2. The number of pyridine rings is 1. The van der Waals surface area contributed by atoms with E-state index in [1.54, 1.807) is 11.1 Å². The number of carbonyl (C=O) groups is 2. The van der Waals surface area contributed by atoms with E-state index in [9.17, 15) is 14.7 Å². The summed E-state index contributed by atoms with van der Waals surface area (Å²) in [5.41, 5.74) is 0.918. The lowest BCUT2D eigenvalue weighted by Gasteiger charge is -2.70. The van der Waals surface area contributed by atoms with E-state index in [-0.39, 0.29) is 29.1 Å². The number of amides is 2. The average molecular weight is 610 g/mol. The number of ether oxygens (including phenoxy) is 2. The molecule has 2 atom stereocenters. The number of aryl methyl sites for hydroxylation is 1. The van der Waals surface area contributed by atoms with Crippen molar-refractivity contribution in [2.45, 2.75) is 148 Å². The fraction of sp³-hybridized carbons (Fsp3) is 0.706. The number of aliphatic hydroxyl groups is 1. The van der Waals surface area contributed by atoms with Crippen molar-refractivity contribution in [1.29, 1.82) is 0 Å². The molecule has 0 saturated heterocycles. The van der Waals surface area contributed by atoms with E-state index < -0.39 is 22.8 Å². The first-order valence-corrected chi connectivity index (χ1v) is 16.0. The molecule has 0 aromatic carbocycles. The molecular formula is C34H51N5O5. The predicted octanol–water partition coefficient (Wildman–Crippen LogP) is 7.11. The Balaban J connectivity index is 1.36. The Bertz CT molecular complexity index is 1380. The molecule has 4 fully saturated rings. The largest absolute Gasteiger partial charge is 0.444 e.